The Morgan fingerprint density at radius 1 is 0.875 bits per heavy atom. The predicted octanol–water partition coefficient (Wildman–Crippen LogP) is 4.53. The maximum absolute atomic E-state index is 12.7. The highest BCUT2D eigenvalue weighted by molar-refractivity contribution is 6.04. The molecular weight excluding hydrogens is 408 g/mol. The van der Waals surface area contributed by atoms with Crippen LogP contribution in [0.5, 0.6) is 23.1 Å². The zero-order valence-corrected chi connectivity index (χ0v) is 18.2. The van der Waals surface area contributed by atoms with Gasteiger partial charge in [-0.3, -0.25) is 4.79 Å². The van der Waals surface area contributed by atoms with E-state index < -0.39 is 0 Å². The highest BCUT2D eigenvalue weighted by Gasteiger charge is 2.18. The molecule has 32 heavy (non-hydrogen) atoms. The summed E-state index contributed by atoms with van der Waals surface area (Å²) in [5.41, 5.74) is 1.08. The number of carbonyl (C=O) groups is 1. The summed E-state index contributed by atoms with van der Waals surface area (Å²) < 4.78 is 16.5. The number of carbonyl (C=O) groups excluding carboxylic acids is 1. The highest BCUT2D eigenvalue weighted by Crippen LogP contribution is 2.30. The van der Waals surface area contributed by atoms with Crippen LogP contribution in [0.4, 0.5) is 11.5 Å². The maximum atomic E-state index is 12.7. The number of amides is 1. The summed E-state index contributed by atoms with van der Waals surface area (Å²) in [5, 5.41) is 2.86. The quantitative estimate of drug-likeness (QED) is 0.585. The largest absolute Gasteiger partial charge is 0.497 e. The molecule has 1 aliphatic rings. The fourth-order valence-corrected chi connectivity index (χ4v) is 3.58. The van der Waals surface area contributed by atoms with E-state index in [1.54, 1.807) is 69.1 Å². The molecule has 1 fully saturated rings. The third kappa shape index (κ3) is 5.08. The monoisotopic (exact) mass is 434 g/mol. The lowest BCUT2D eigenvalue weighted by molar-refractivity contribution is 0.102. The van der Waals surface area contributed by atoms with E-state index in [0.29, 0.717) is 34.4 Å². The van der Waals surface area contributed by atoms with Gasteiger partial charge < -0.3 is 24.4 Å². The minimum atomic E-state index is -0.250. The van der Waals surface area contributed by atoms with Crippen LogP contribution in [0, 0.1) is 0 Å². The van der Waals surface area contributed by atoms with Crippen LogP contribution in [0.15, 0.2) is 54.9 Å². The maximum Gasteiger partial charge on any atom is 0.263 e. The van der Waals surface area contributed by atoms with Crippen LogP contribution in [0.2, 0.25) is 0 Å². The molecule has 1 saturated heterocycles. The SMILES string of the molecule is COc1cc(NC(=O)c2ccc(Oc3nccnc3N3CCCCC3)cc2)cc(OC)c1. The zero-order valence-electron chi connectivity index (χ0n) is 18.2. The summed E-state index contributed by atoms with van der Waals surface area (Å²) in [6.07, 6.45) is 6.81. The van der Waals surface area contributed by atoms with Crippen molar-refractivity contribution in [2.45, 2.75) is 19.3 Å². The number of rotatable bonds is 7. The van der Waals surface area contributed by atoms with Crippen LogP contribution < -0.4 is 24.4 Å². The number of nitrogens with one attached hydrogen (secondary N) is 1. The summed E-state index contributed by atoms with van der Waals surface area (Å²) in [5.74, 6) is 2.74. The minimum absolute atomic E-state index is 0.250. The molecule has 8 nitrogen and oxygen atoms in total. The molecule has 0 atom stereocenters. The van der Waals surface area contributed by atoms with E-state index in [0.717, 1.165) is 31.7 Å². The molecular formula is C24H26N4O4. The zero-order chi connectivity index (χ0) is 22.3. The van der Waals surface area contributed by atoms with E-state index in [9.17, 15) is 4.79 Å². The van der Waals surface area contributed by atoms with Crippen molar-refractivity contribution in [3.8, 4) is 23.1 Å². The van der Waals surface area contributed by atoms with Gasteiger partial charge in [0.25, 0.3) is 11.8 Å². The normalized spacial score (nSPS) is 13.4. The van der Waals surface area contributed by atoms with Gasteiger partial charge in [0.15, 0.2) is 5.82 Å². The molecule has 2 aromatic carbocycles. The van der Waals surface area contributed by atoms with Gasteiger partial charge in [0, 0.05) is 54.9 Å². The number of anilines is 2. The van der Waals surface area contributed by atoms with Crippen LogP contribution >= 0.6 is 0 Å². The van der Waals surface area contributed by atoms with Crippen LogP contribution in [0.3, 0.4) is 0 Å². The Labute approximate surface area is 187 Å². The summed E-state index contributed by atoms with van der Waals surface area (Å²) >= 11 is 0. The molecule has 0 spiro atoms. The molecule has 166 valence electrons. The molecule has 1 aliphatic heterocycles. The minimum Gasteiger partial charge on any atom is -0.497 e. The predicted molar refractivity (Wildman–Crippen MR) is 122 cm³/mol. The molecule has 4 rings (SSSR count). The highest BCUT2D eigenvalue weighted by atomic mass is 16.5. The van der Waals surface area contributed by atoms with Crippen molar-refractivity contribution in [2.24, 2.45) is 0 Å². The van der Waals surface area contributed by atoms with Crippen molar-refractivity contribution >= 4 is 17.4 Å². The fourth-order valence-electron chi connectivity index (χ4n) is 3.58. The molecule has 0 radical (unpaired) electrons. The van der Waals surface area contributed by atoms with E-state index in [2.05, 4.69) is 20.2 Å². The number of aromatic nitrogens is 2. The first-order valence-corrected chi connectivity index (χ1v) is 10.5. The Balaban J connectivity index is 1.45. The Kier molecular flexibility index (Phi) is 6.69. The van der Waals surface area contributed by atoms with Crippen LogP contribution in [-0.2, 0) is 0 Å². The van der Waals surface area contributed by atoms with Crippen molar-refractivity contribution in [1.82, 2.24) is 9.97 Å². The van der Waals surface area contributed by atoms with Crippen molar-refractivity contribution in [1.29, 1.82) is 0 Å². The van der Waals surface area contributed by atoms with Gasteiger partial charge in [0.2, 0.25) is 0 Å². The second kappa shape index (κ2) is 10.00. The smallest absolute Gasteiger partial charge is 0.263 e. The Morgan fingerprint density at radius 2 is 1.53 bits per heavy atom. The number of hydrogen-bond donors (Lipinski definition) is 1. The van der Waals surface area contributed by atoms with Gasteiger partial charge in [-0.05, 0) is 43.5 Å². The van der Waals surface area contributed by atoms with Crippen molar-refractivity contribution in [3.05, 3.63) is 60.4 Å². The van der Waals surface area contributed by atoms with Crippen LogP contribution in [0.25, 0.3) is 0 Å². The molecule has 2 heterocycles. The number of nitrogens with zero attached hydrogens (tertiary/aromatic N) is 3. The Bertz CT molecular complexity index is 1040. The van der Waals surface area contributed by atoms with E-state index in [1.165, 1.54) is 6.42 Å². The van der Waals surface area contributed by atoms with Gasteiger partial charge in [-0.2, -0.15) is 0 Å². The standard InChI is InChI=1S/C24H26N4O4/c1-30-20-14-18(15-21(16-20)31-2)27-23(29)17-6-8-19(9-7-17)32-24-22(25-10-11-26-24)28-12-4-3-5-13-28/h6-11,14-16H,3-5,12-13H2,1-2H3,(H,27,29). The lowest BCUT2D eigenvalue weighted by Crippen LogP contribution is -2.30. The van der Waals surface area contributed by atoms with Gasteiger partial charge in [-0.25, -0.2) is 9.97 Å². The fraction of sp³-hybridized carbons (Fsp3) is 0.292. The van der Waals surface area contributed by atoms with Crippen LogP contribution in [0.1, 0.15) is 29.6 Å². The third-order valence-corrected chi connectivity index (χ3v) is 5.24. The first kappa shape index (κ1) is 21.4. The number of ether oxygens (including phenoxy) is 3. The molecule has 1 aromatic heterocycles. The van der Waals surface area contributed by atoms with E-state index in [4.69, 9.17) is 14.2 Å². The Hall–Kier alpha value is -3.81. The van der Waals surface area contributed by atoms with Gasteiger partial charge in [0.05, 0.1) is 14.2 Å². The lowest BCUT2D eigenvalue weighted by atomic mass is 10.1. The summed E-state index contributed by atoms with van der Waals surface area (Å²) in [6.45, 7) is 1.90. The van der Waals surface area contributed by atoms with Gasteiger partial charge in [0.1, 0.15) is 17.2 Å². The first-order chi connectivity index (χ1) is 15.7. The number of hydrogen-bond acceptors (Lipinski definition) is 7. The molecule has 1 N–H and O–H groups in total. The van der Waals surface area contributed by atoms with Crippen molar-refractivity contribution in [2.75, 3.05) is 37.5 Å². The van der Waals surface area contributed by atoms with Gasteiger partial charge in [-0.15, -0.1) is 0 Å². The second-order valence-corrected chi connectivity index (χ2v) is 7.41. The number of piperidine rings is 1. The molecule has 1 amide bonds. The summed E-state index contributed by atoms with van der Waals surface area (Å²) in [4.78, 5) is 23.7. The number of benzene rings is 2. The average molecular weight is 434 g/mol. The summed E-state index contributed by atoms with van der Waals surface area (Å²) in [6, 6.07) is 12.1. The average Bonchev–Trinajstić information content (AvgIpc) is 2.85. The Morgan fingerprint density at radius 3 is 2.19 bits per heavy atom. The molecule has 0 bridgehead atoms. The second-order valence-electron chi connectivity index (χ2n) is 7.41. The number of methoxy groups -OCH3 is 2. The van der Waals surface area contributed by atoms with E-state index in [-0.39, 0.29) is 5.91 Å². The van der Waals surface area contributed by atoms with Crippen molar-refractivity contribution in [3.63, 3.8) is 0 Å². The molecule has 3 aromatic rings. The van der Waals surface area contributed by atoms with Gasteiger partial charge >= 0.3 is 0 Å². The third-order valence-electron chi connectivity index (χ3n) is 5.24. The van der Waals surface area contributed by atoms with Crippen molar-refractivity contribution < 1.29 is 19.0 Å². The molecule has 0 saturated carbocycles. The van der Waals surface area contributed by atoms with Crippen LogP contribution in [-0.4, -0.2) is 43.2 Å². The summed E-state index contributed by atoms with van der Waals surface area (Å²) in [7, 11) is 3.12. The van der Waals surface area contributed by atoms with Gasteiger partial charge in [-0.1, -0.05) is 0 Å². The molecule has 0 unspecified atom stereocenters. The molecule has 0 aliphatic carbocycles. The molecule has 8 heteroatoms. The topological polar surface area (TPSA) is 85.8 Å². The van der Waals surface area contributed by atoms with E-state index in [1.807, 2.05) is 0 Å². The lowest BCUT2D eigenvalue weighted by Gasteiger charge is -2.28. The van der Waals surface area contributed by atoms with E-state index >= 15 is 0 Å². The first-order valence-electron chi connectivity index (χ1n) is 10.5.